The van der Waals surface area contributed by atoms with Gasteiger partial charge in [-0.1, -0.05) is 22.0 Å². The Morgan fingerprint density at radius 2 is 1.97 bits per heavy atom. The van der Waals surface area contributed by atoms with Crippen LogP contribution in [0.3, 0.4) is 0 Å². The SMILES string of the molecule is COC(=O)C[C@H](CN1CC2(CN(Cc3ccc4c(n3)NCCC4)CC2(F)F)C1)c1cc(Br)ccc1F. The number of carbonyl (C=O) groups excluding carboxylic acids is 1. The van der Waals surface area contributed by atoms with Gasteiger partial charge in [-0.25, -0.2) is 18.2 Å². The van der Waals surface area contributed by atoms with Crippen LogP contribution in [0.4, 0.5) is 19.0 Å². The van der Waals surface area contributed by atoms with Crippen molar-refractivity contribution in [2.24, 2.45) is 5.41 Å². The first kappa shape index (κ1) is 25.5. The van der Waals surface area contributed by atoms with Crippen LogP contribution in [0.15, 0.2) is 34.8 Å². The summed E-state index contributed by atoms with van der Waals surface area (Å²) in [6.45, 7) is 1.92. The van der Waals surface area contributed by atoms with Gasteiger partial charge in [0.15, 0.2) is 0 Å². The fourth-order valence-electron chi connectivity index (χ4n) is 5.81. The fourth-order valence-corrected chi connectivity index (χ4v) is 6.19. The van der Waals surface area contributed by atoms with Crippen LogP contribution < -0.4 is 5.32 Å². The number of nitrogens with zero attached hydrogens (tertiary/aromatic N) is 3. The van der Waals surface area contributed by atoms with Crippen molar-refractivity contribution < 1.29 is 22.7 Å². The predicted octanol–water partition coefficient (Wildman–Crippen LogP) is 4.44. The molecule has 4 heterocycles. The molecule has 0 bridgehead atoms. The summed E-state index contributed by atoms with van der Waals surface area (Å²) < 4.78 is 50.6. The Morgan fingerprint density at radius 1 is 1.19 bits per heavy atom. The molecule has 1 N–H and O–H groups in total. The number of esters is 1. The van der Waals surface area contributed by atoms with Gasteiger partial charge < -0.3 is 15.0 Å². The van der Waals surface area contributed by atoms with Crippen molar-refractivity contribution >= 4 is 27.7 Å². The van der Waals surface area contributed by atoms with Gasteiger partial charge in [-0.05, 0) is 48.2 Å². The van der Waals surface area contributed by atoms with E-state index < -0.39 is 29.0 Å². The molecule has 1 atom stereocenters. The van der Waals surface area contributed by atoms with Crippen LogP contribution in [-0.2, 0) is 22.5 Å². The molecule has 1 spiro atoms. The number of anilines is 1. The number of rotatable bonds is 7. The highest BCUT2D eigenvalue weighted by Gasteiger charge is 2.65. The van der Waals surface area contributed by atoms with Gasteiger partial charge in [0.2, 0.25) is 0 Å². The zero-order valence-corrected chi connectivity index (χ0v) is 21.8. The second-order valence-corrected chi connectivity index (χ2v) is 11.2. The van der Waals surface area contributed by atoms with Crippen LogP contribution in [0.1, 0.15) is 35.6 Å². The first-order valence-electron chi connectivity index (χ1n) is 12.2. The molecule has 2 fully saturated rings. The molecule has 10 heteroatoms. The second-order valence-electron chi connectivity index (χ2n) is 10.3. The summed E-state index contributed by atoms with van der Waals surface area (Å²) in [4.78, 5) is 20.4. The van der Waals surface area contributed by atoms with Crippen LogP contribution in [-0.4, -0.2) is 73.1 Å². The lowest BCUT2D eigenvalue weighted by Crippen LogP contribution is -2.65. The lowest BCUT2D eigenvalue weighted by Gasteiger charge is -2.51. The number of hydrogen-bond acceptors (Lipinski definition) is 6. The van der Waals surface area contributed by atoms with Gasteiger partial charge in [0, 0.05) is 49.7 Å². The number of carbonyl (C=O) groups is 1. The molecule has 3 aliphatic heterocycles. The van der Waals surface area contributed by atoms with Crippen molar-refractivity contribution in [2.45, 2.75) is 37.6 Å². The van der Waals surface area contributed by atoms with Crippen molar-refractivity contribution in [3.63, 3.8) is 0 Å². The minimum atomic E-state index is -2.84. The van der Waals surface area contributed by atoms with E-state index in [1.54, 1.807) is 17.0 Å². The number of nitrogens with one attached hydrogen (secondary N) is 1. The zero-order chi connectivity index (χ0) is 25.5. The van der Waals surface area contributed by atoms with Crippen molar-refractivity contribution in [3.05, 3.63) is 57.4 Å². The molecule has 0 saturated carbocycles. The van der Waals surface area contributed by atoms with Gasteiger partial charge in [-0.2, -0.15) is 0 Å². The van der Waals surface area contributed by atoms with E-state index in [1.807, 2.05) is 17.0 Å². The highest BCUT2D eigenvalue weighted by Crippen LogP contribution is 2.50. The van der Waals surface area contributed by atoms with Crippen LogP contribution >= 0.6 is 15.9 Å². The molecule has 3 aliphatic rings. The smallest absolute Gasteiger partial charge is 0.306 e. The highest BCUT2D eigenvalue weighted by molar-refractivity contribution is 9.10. The number of fused-ring (bicyclic) bond motifs is 1. The van der Waals surface area contributed by atoms with Crippen molar-refractivity contribution in [3.8, 4) is 0 Å². The molecule has 2 saturated heterocycles. The summed E-state index contributed by atoms with van der Waals surface area (Å²) in [5.74, 6) is -3.35. The quantitative estimate of drug-likeness (QED) is 0.500. The number of aromatic nitrogens is 1. The van der Waals surface area contributed by atoms with Gasteiger partial charge in [-0.3, -0.25) is 9.69 Å². The number of benzene rings is 1. The summed E-state index contributed by atoms with van der Waals surface area (Å²) >= 11 is 3.35. The normalized spacial score (nSPS) is 21.5. The molecular formula is C26H30BrF3N4O2. The number of hydrogen-bond donors (Lipinski definition) is 1. The molecule has 194 valence electrons. The summed E-state index contributed by atoms with van der Waals surface area (Å²) in [5.41, 5.74) is 1.19. The van der Waals surface area contributed by atoms with E-state index in [0.717, 1.165) is 30.9 Å². The number of ether oxygens (including phenoxy) is 1. The van der Waals surface area contributed by atoms with E-state index in [9.17, 15) is 9.18 Å². The minimum Gasteiger partial charge on any atom is -0.469 e. The summed E-state index contributed by atoms with van der Waals surface area (Å²) in [5, 5.41) is 3.30. The Labute approximate surface area is 217 Å². The molecule has 5 rings (SSSR count). The van der Waals surface area contributed by atoms with E-state index in [4.69, 9.17) is 4.74 Å². The minimum absolute atomic E-state index is 0.0199. The van der Waals surface area contributed by atoms with Crippen molar-refractivity contribution in [1.29, 1.82) is 0 Å². The van der Waals surface area contributed by atoms with Crippen LogP contribution in [0, 0.1) is 11.2 Å². The number of alkyl halides is 2. The van der Waals surface area contributed by atoms with Gasteiger partial charge in [0.1, 0.15) is 11.6 Å². The van der Waals surface area contributed by atoms with Crippen LogP contribution in [0.25, 0.3) is 0 Å². The standard InChI is InChI=1S/C26H30BrF3N4O2/c1-36-23(35)9-18(21-10-19(27)5-7-22(21)28)11-33-13-25(14-33)15-34(16-26(25,29)30)12-20-6-4-17-3-2-8-31-24(17)32-20/h4-7,10,18H,2-3,8-9,11-16H2,1H3,(H,31,32)/t18-/m1/s1. The van der Waals surface area contributed by atoms with E-state index in [1.165, 1.54) is 18.7 Å². The molecule has 36 heavy (non-hydrogen) atoms. The molecule has 0 unspecified atom stereocenters. The lowest BCUT2D eigenvalue weighted by molar-refractivity contribution is -0.158. The Balaban J connectivity index is 1.25. The molecule has 6 nitrogen and oxygen atoms in total. The number of pyridine rings is 1. The Bertz CT molecular complexity index is 1140. The van der Waals surface area contributed by atoms with Gasteiger partial charge in [0.25, 0.3) is 5.92 Å². The number of likely N-dealkylation sites (tertiary alicyclic amines) is 2. The topological polar surface area (TPSA) is 57.7 Å². The van der Waals surface area contributed by atoms with E-state index in [0.29, 0.717) is 23.1 Å². The van der Waals surface area contributed by atoms with Crippen LogP contribution in [0.2, 0.25) is 0 Å². The molecule has 1 aromatic heterocycles. The van der Waals surface area contributed by atoms with Gasteiger partial charge >= 0.3 is 5.97 Å². The molecule has 1 aromatic carbocycles. The third-order valence-corrected chi connectivity index (χ3v) is 8.12. The number of halogens is 4. The molecule has 0 radical (unpaired) electrons. The average Bonchev–Trinajstić information content (AvgIpc) is 3.09. The first-order chi connectivity index (χ1) is 17.2. The largest absolute Gasteiger partial charge is 0.469 e. The Kier molecular flexibility index (Phi) is 7.04. The molecule has 2 aromatic rings. The monoisotopic (exact) mass is 566 g/mol. The number of methoxy groups -OCH3 is 1. The lowest BCUT2D eigenvalue weighted by atomic mass is 9.75. The molecular weight excluding hydrogens is 537 g/mol. The fraction of sp³-hybridized carbons (Fsp3) is 0.538. The maximum absolute atomic E-state index is 15.2. The molecule has 0 aliphatic carbocycles. The summed E-state index contributed by atoms with van der Waals surface area (Å²) in [7, 11) is 1.29. The van der Waals surface area contributed by atoms with Crippen molar-refractivity contribution in [1.82, 2.24) is 14.8 Å². The second kappa shape index (κ2) is 9.95. The maximum atomic E-state index is 15.2. The van der Waals surface area contributed by atoms with Crippen LogP contribution in [0.5, 0.6) is 0 Å². The first-order valence-corrected chi connectivity index (χ1v) is 13.0. The summed E-state index contributed by atoms with van der Waals surface area (Å²) in [6.07, 6.45) is 2.03. The maximum Gasteiger partial charge on any atom is 0.306 e. The molecule has 0 amide bonds. The van der Waals surface area contributed by atoms with E-state index in [2.05, 4.69) is 26.2 Å². The Morgan fingerprint density at radius 3 is 2.75 bits per heavy atom. The summed E-state index contributed by atoms with van der Waals surface area (Å²) in [6, 6.07) is 8.56. The van der Waals surface area contributed by atoms with Gasteiger partial charge in [-0.15, -0.1) is 0 Å². The average molecular weight is 567 g/mol. The number of aryl methyl sites for hydroxylation is 1. The Hall–Kier alpha value is -2.17. The zero-order valence-electron chi connectivity index (χ0n) is 20.2. The van der Waals surface area contributed by atoms with Crippen molar-refractivity contribution in [2.75, 3.05) is 51.7 Å². The van der Waals surface area contributed by atoms with Gasteiger partial charge in [0.05, 0.1) is 31.2 Å². The predicted molar refractivity (Wildman–Crippen MR) is 134 cm³/mol. The van der Waals surface area contributed by atoms with E-state index in [-0.39, 0.29) is 32.6 Å². The third kappa shape index (κ3) is 4.99. The van der Waals surface area contributed by atoms with E-state index >= 15 is 8.78 Å². The highest BCUT2D eigenvalue weighted by atomic mass is 79.9. The third-order valence-electron chi connectivity index (χ3n) is 7.63.